The average molecular weight is 341 g/mol. The maximum absolute atomic E-state index is 12.4. The summed E-state index contributed by atoms with van der Waals surface area (Å²) < 4.78 is 10.7. The summed E-state index contributed by atoms with van der Waals surface area (Å²) in [4.78, 5) is 14.3. The van der Waals surface area contributed by atoms with Crippen molar-refractivity contribution in [1.29, 1.82) is 0 Å². The molecule has 3 rings (SSSR count). The van der Waals surface area contributed by atoms with E-state index in [2.05, 4.69) is 5.32 Å². The van der Waals surface area contributed by atoms with Crippen LogP contribution < -0.4 is 14.8 Å². The lowest BCUT2D eigenvalue weighted by Crippen LogP contribution is -2.30. The number of nitrogens with one attached hydrogen (secondary N) is 1. The predicted octanol–water partition coefficient (Wildman–Crippen LogP) is 2.58. The molecule has 0 aromatic heterocycles. The second-order valence-electron chi connectivity index (χ2n) is 5.99. The summed E-state index contributed by atoms with van der Waals surface area (Å²) in [7, 11) is 0. The van der Waals surface area contributed by atoms with Crippen molar-refractivity contribution < 1.29 is 14.3 Å². The maximum Gasteiger partial charge on any atom is 0.231 e. The minimum Gasteiger partial charge on any atom is -0.454 e. The van der Waals surface area contributed by atoms with Gasteiger partial charge in [0.25, 0.3) is 0 Å². The number of hydrogen-bond donors (Lipinski definition) is 1. The molecular weight excluding hydrogens is 316 g/mol. The van der Waals surface area contributed by atoms with Gasteiger partial charge in [-0.15, -0.1) is 12.4 Å². The van der Waals surface area contributed by atoms with E-state index in [1.807, 2.05) is 30.0 Å². The minimum absolute atomic E-state index is 0. The van der Waals surface area contributed by atoms with Crippen LogP contribution in [0.15, 0.2) is 18.2 Å². The van der Waals surface area contributed by atoms with Crippen LogP contribution in [0.2, 0.25) is 0 Å². The van der Waals surface area contributed by atoms with Gasteiger partial charge in [-0.1, -0.05) is 6.07 Å². The van der Waals surface area contributed by atoms with Gasteiger partial charge in [0.05, 0.1) is 0 Å². The van der Waals surface area contributed by atoms with E-state index >= 15 is 0 Å². The van der Waals surface area contributed by atoms with Gasteiger partial charge in [-0.2, -0.15) is 0 Å². The summed E-state index contributed by atoms with van der Waals surface area (Å²) >= 11 is 0. The van der Waals surface area contributed by atoms with E-state index in [1.165, 1.54) is 6.42 Å². The highest BCUT2D eigenvalue weighted by molar-refractivity contribution is 5.85. The third-order valence-electron chi connectivity index (χ3n) is 4.47. The van der Waals surface area contributed by atoms with E-state index in [0.29, 0.717) is 18.9 Å². The van der Waals surface area contributed by atoms with Crippen LogP contribution in [0.25, 0.3) is 0 Å². The van der Waals surface area contributed by atoms with Crippen LogP contribution in [0.4, 0.5) is 0 Å². The van der Waals surface area contributed by atoms with Gasteiger partial charge in [-0.3, -0.25) is 4.79 Å². The van der Waals surface area contributed by atoms with E-state index < -0.39 is 0 Å². The molecular formula is C17H25ClN2O3. The lowest BCUT2D eigenvalue weighted by Gasteiger charge is -2.22. The third kappa shape index (κ3) is 4.52. The summed E-state index contributed by atoms with van der Waals surface area (Å²) in [5.74, 6) is 2.46. The highest BCUT2D eigenvalue weighted by Gasteiger charge is 2.19. The van der Waals surface area contributed by atoms with Crippen molar-refractivity contribution in [3.63, 3.8) is 0 Å². The van der Waals surface area contributed by atoms with Crippen LogP contribution in [-0.4, -0.2) is 37.2 Å². The van der Waals surface area contributed by atoms with Crippen LogP contribution in [0.5, 0.6) is 11.5 Å². The first-order valence-electron chi connectivity index (χ1n) is 8.13. The zero-order valence-corrected chi connectivity index (χ0v) is 14.4. The standard InChI is InChI=1S/C17H24N2O3.ClH/c1-2-19(17(20)6-4-13-7-8-18-10-13)11-14-3-5-15-16(9-14)22-12-21-15;/h3,5,9,13,18H,2,4,6-8,10-12H2,1H3;1H. The molecule has 0 spiro atoms. The van der Waals surface area contributed by atoms with Crippen LogP contribution >= 0.6 is 12.4 Å². The Morgan fingerprint density at radius 2 is 2.17 bits per heavy atom. The molecule has 1 atom stereocenters. The Hall–Kier alpha value is -1.46. The van der Waals surface area contributed by atoms with Crippen LogP contribution in [-0.2, 0) is 11.3 Å². The van der Waals surface area contributed by atoms with E-state index in [9.17, 15) is 4.79 Å². The molecule has 1 unspecified atom stereocenters. The van der Waals surface area contributed by atoms with Crippen molar-refractivity contribution in [2.75, 3.05) is 26.4 Å². The number of fused-ring (bicyclic) bond motifs is 1. The fourth-order valence-electron chi connectivity index (χ4n) is 3.08. The Morgan fingerprint density at radius 1 is 1.35 bits per heavy atom. The molecule has 1 aromatic rings. The molecule has 1 fully saturated rings. The molecule has 6 heteroatoms. The Labute approximate surface area is 143 Å². The van der Waals surface area contributed by atoms with Crippen molar-refractivity contribution in [1.82, 2.24) is 10.2 Å². The molecule has 2 aliphatic heterocycles. The lowest BCUT2D eigenvalue weighted by atomic mass is 10.0. The molecule has 2 heterocycles. The first kappa shape index (κ1) is 17.9. The molecule has 2 aliphatic rings. The quantitative estimate of drug-likeness (QED) is 0.864. The summed E-state index contributed by atoms with van der Waals surface area (Å²) in [5.41, 5.74) is 1.09. The highest BCUT2D eigenvalue weighted by Crippen LogP contribution is 2.32. The van der Waals surface area contributed by atoms with Crippen LogP contribution in [0.3, 0.4) is 0 Å². The molecule has 1 amide bonds. The van der Waals surface area contributed by atoms with Crippen molar-refractivity contribution in [2.45, 2.75) is 32.7 Å². The van der Waals surface area contributed by atoms with Crippen molar-refractivity contribution in [3.8, 4) is 11.5 Å². The molecule has 23 heavy (non-hydrogen) atoms. The zero-order chi connectivity index (χ0) is 15.4. The first-order valence-corrected chi connectivity index (χ1v) is 8.13. The summed E-state index contributed by atoms with van der Waals surface area (Å²) in [6, 6.07) is 5.89. The third-order valence-corrected chi connectivity index (χ3v) is 4.47. The number of ether oxygens (including phenoxy) is 2. The van der Waals surface area contributed by atoms with Crippen molar-refractivity contribution >= 4 is 18.3 Å². The number of halogens is 1. The summed E-state index contributed by atoms with van der Waals surface area (Å²) in [6.45, 7) is 5.83. The molecule has 1 aromatic carbocycles. The second-order valence-corrected chi connectivity index (χ2v) is 5.99. The highest BCUT2D eigenvalue weighted by atomic mass is 35.5. The Balaban J connectivity index is 0.00000192. The number of carbonyl (C=O) groups excluding carboxylic acids is 1. The van der Waals surface area contributed by atoms with E-state index in [1.54, 1.807) is 0 Å². The number of amides is 1. The first-order chi connectivity index (χ1) is 10.8. The van der Waals surface area contributed by atoms with Gasteiger partial charge in [0, 0.05) is 19.5 Å². The Bertz CT molecular complexity index is 533. The topological polar surface area (TPSA) is 50.8 Å². The Morgan fingerprint density at radius 3 is 2.91 bits per heavy atom. The van der Waals surface area contributed by atoms with Gasteiger partial charge in [0.2, 0.25) is 12.7 Å². The second kappa shape index (κ2) is 8.41. The van der Waals surface area contributed by atoms with Gasteiger partial charge in [0.15, 0.2) is 11.5 Å². The van der Waals surface area contributed by atoms with Crippen molar-refractivity contribution in [3.05, 3.63) is 23.8 Å². The normalized spacial score (nSPS) is 18.6. The van der Waals surface area contributed by atoms with E-state index in [0.717, 1.165) is 43.1 Å². The molecule has 1 saturated heterocycles. The Kier molecular flexibility index (Phi) is 6.54. The van der Waals surface area contributed by atoms with E-state index in [-0.39, 0.29) is 25.1 Å². The monoisotopic (exact) mass is 340 g/mol. The minimum atomic E-state index is 0. The average Bonchev–Trinajstić information content (AvgIpc) is 3.20. The fourth-order valence-corrected chi connectivity index (χ4v) is 3.08. The number of rotatable bonds is 6. The molecule has 0 bridgehead atoms. The van der Waals surface area contributed by atoms with E-state index in [4.69, 9.17) is 9.47 Å². The molecule has 1 N–H and O–H groups in total. The largest absolute Gasteiger partial charge is 0.454 e. The van der Waals surface area contributed by atoms with Crippen molar-refractivity contribution in [2.24, 2.45) is 5.92 Å². The van der Waals surface area contributed by atoms with Crippen LogP contribution in [0.1, 0.15) is 31.7 Å². The maximum atomic E-state index is 12.4. The number of hydrogen-bond acceptors (Lipinski definition) is 4. The molecule has 0 aliphatic carbocycles. The summed E-state index contributed by atoms with van der Waals surface area (Å²) in [6.07, 6.45) is 2.83. The smallest absolute Gasteiger partial charge is 0.231 e. The van der Waals surface area contributed by atoms with Gasteiger partial charge in [0.1, 0.15) is 0 Å². The summed E-state index contributed by atoms with van der Waals surface area (Å²) in [5, 5.41) is 3.35. The lowest BCUT2D eigenvalue weighted by molar-refractivity contribution is -0.131. The van der Waals surface area contributed by atoms with Gasteiger partial charge in [-0.05, 0) is 56.5 Å². The number of nitrogens with zero attached hydrogens (tertiary/aromatic N) is 1. The molecule has 0 radical (unpaired) electrons. The number of carbonyl (C=O) groups is 1. The number of benzene rings is 1. The fraction of sp³-hybridized carbons (Fsp3) is 0.588. The van der Waals surface area contributed by atoms with Gasteiger partial charge >= 0.3 is 0 Å². The molecule has 0 saturated carbocycles. The predicted molar refractivity (Wildman–Crippen MR) is 91.1 cm³/mol. The zero-order valence-electron chi connectivity index (χ0n) is 13.5. The van der Waals surface area contributed by atoms with Gasteiger partial charge in [-0.25, -0.2) is 0 Å². The SMILES string of the molecule is CCN(Cc1ccc2c(c1)OCO2)C(=O)CCC1CCNC1.Cl. The van der Waals surface area contributed by atoms with Gasteiger partial charge < -0.3 is 19.7 Å². The molecule has 5 nitrogen and oxygen atoms in total. The van der Waals surface area contributed by atoms with Crippen LogP contribution in [0, 0.1) is 5.92 Å². The molecule has 128 valence electrons.